The number of amides is 4. The summed E-state index contributed by atoms with van der Waals surface area (Å²) < 4.78 is 40.7. The lowest BCUT2D eigenvalue weighted by Gasteiger charge is -2.29. The number of nitrogens with one attached hydrogen (secondary N) is 2. The molecule has 1 saturated carbocycles. The first-order valence-electron chi connectivity index (χ1n) is 14.5. The molecule has 0 aromatic heterocycles. The minimum Gasteiger partial charge on any atom is -0.443 e. The maximum atomic E-state index is 16.0. The molecule has 1 fully saturated rings. The van der Waals surface area contributed by atoms with Gasteiger partial charge in [-0.2, -0.15) is 4.90 Å². The topological polar surface area (TPSA) is 114 Å². The molecule has 0 unspecified atom stereocenters. The van der Waals surface area contributed by atoms with Crippen LogP contribution >= 0.6 is 62.3 Å². The van der Waals surface area contributed by atoms with Gasteiger partial charge in [-0.25, -0.2) is 18.4 Å². The van der Waals surface area contributed by atoms with E-state index in [1.54, 1.807) is 18.2 Å². The van der Waals surface area contributed by atoms with E-state index in [9.17, 15) is 19.2 Å². The van der Waals surface area contributed by atoms with Crippen LogP contribution in [0.15, 0.2) is 53.0 Å². The summed E-state index contributed by atoms with van der Waals surface area (Å²) in [5.74, 6) is -5.75. The van der Waals surface area contributed by atoms with Crippen molar-refractivity contribution in [3.8, 4) is 0 Å². The lowest BCUT2D eigenvalue weighted by Crippen LogP contribution is -2.44. The molecule has 2 N–H and O–H groups in total. The predicted molar refractivity (Wildman–Crippen MR) is 189 cm³/mol. The van der Waals surface area contributed by atoms with Crippen LogP contribution in [-0.4, -0.2) is 39.5 Å². The van der Waals surface area contributed by atoms with Crippen LogP contribution in [0.3, 0.4) is 0 Å². The van der Waals surface area contributed by atoms with E-state index in [4.69, 9.17) is 55.9 Å². The maximum absolute atomic E-state index is 16.0. The number of imide groups is 1. The van der Waals surface area contributed by atoms with E-state index in [0.717, 1.165) is 12.1 Å². The van der Waals surface area contributed by atoms with Crippen molar-refractivity contribution in [2.24, 2.45) is 5.92 Å². The predicted octanol–water partition coefficient (Wildman–Crippen LogP) is 10.5. The summed E-state index contributed by atoms with van der Waals surface area (Å²) in [7, 11) is 0. The van der Waals surface area contributed by atoms with Crippen molar-refractivity contribution < 1.29 is 37.4 Å². The Morgan fingerprint density at radius 2 is 1.41 bits per heavy atom. The number of hydrogen-bond donors (Lipinski definition) is 2. The summed E-state index contributed by atoms with van der Waals surface area (Å²) in [6, 6.07) is 10.7. The van der Waals surface area contributed by atoms with Crippen LogP contribution in [0.1, 0.15) is 63.4 Å². The Morgan fingerprint density at radius 1 is 0.837 bits per heavy atom. The van der Waals surface area contributed by atoms with E-state index in [-0.39, 0.29) is 21.2 Å². The number of carbonyl (C=O) groups is 4. The molecule has 2 atom stereocenters. The standard InChI is InChI=1S/C33H30BrCl4F2N3O6/c1-31(2,3)48-29(46)43(30(47)49-32(4,5)6)26-21(39)11-12-22(25(26)40)42-27(44)17-14-16(8-10-19(17)35)41-28(45)24-23(33(24,37)38)15-7-9-20(36)18(34)13-15/h7-14,23-24H,1-6H3,(H,41,45)(H,42,44)/t23-,24+/m0/s1. The van der Waals surface area contributed by atoms with Crippen LogP contribution in [0.4, 0.5) is 35.4 Å². The van der Waals surface area contributed by atoms with Gasteiger partial charge in [0.1, 0.15) is 21.2 Å². The van der Waals surface area contributed by atoms with Crippen molar-refractivity contribution in [1.29, 1.82) is 0 Å². The summed E-state index contributed by atoms with van der Waals surface area (Å²) >= 11 is 28.6. The second-order valence-corrected chi connectivity index (χ2v) is 16.1. The first-order chi connectivity index (χ1) is 22.5. The number of benzene rings is 3. The Kier molecular flexibility index (Phi) is 11.2. The van der Waals surface area contributed by atoms with Gasteiger partial charge in [0.05, 0.1) is 27.2 Å². The molecule has 0 spiro atoms. The molecule has 4 amide bonds. The lowest BCUT2D eigenvalue weighted by atomic mass is 10.1. The average Bonchev–Trinajstić information content (AvgIpc) is 3.54. The molecular formula is C33H30BrCl4F2N3O6. The fourth-order valence-corrected chi connectivity index (χ4v) is 6.22. The highest BCUT2D eigenvalue weighted by Gasteiger charge is 2.67. The first-order valence-corrected chi connectivity index (χ1v) is 16.8. The van der Waals surface area contributed by atoms with Crippen molar-refractivity contribution in [2.75, 3.05) is 15.5 Å². The van der Waals surface area contributed by atoms with E-state index >= 15 is 8.78 Å². The van der Waals surface area contributed by atoms with Gasteiger partial charge in [0, 0.05) is 16.1 Å². The molecule has 0 heterocycles. The number of nitrogens with zero attached hydrogens (tertiary/aromatic N) is 1. The van der Waals surface area contributed by atoms with E-state index < -0.39 is 74.4 Å². The molecule has 0 aliphatic heterocycles. The van der Waals surface area contributed by atoms with Crippen molar-refractivity contribution in [2.45, 2.75) is 63.0 Å². The third kappa shape index (κ3) is 8.96. The van der Waals surface area contributed by atoms with Gasteiger partial charge in [-0.05, 0) is 106 Å². The summed E-state index contributed by atoms with van der Waals surface area (Å²) in [6.07, 6.45) is -2.84. The maximum Gasteiger partial charge on any atom is 0.424 e. The molecular weight excluding hydrogens is 794 g/mol. The average molecular weight is 824 g/mol. The zero-order chi connectivity index (χ0) is 36.8. The van der Waals surface area contributed by atoms with Crippen LogP contribution in [0, 0.1) is 17.6 Å². The Hall–Kier alpha value is -3.16. The molecule has 262 valence electrons. The Balaban J connectivity index is 1.60. The van der Waals surface area contributed by atoms with Gasteiger partial charge >= 0.3 is 12.2 Å². The molecule has 0 saturated heterocycles. The molecule has 1 aliphatic carbocycles. The van der Waals surface area contributed by atoms with Crippen molar-refractivity contribution in [3.63, 3.8) is 0 Å². The number of anilines is 3. The molecule has 3 aromatic carbocycles. The third-order valence-electron chi connectivity index (χ3n) is 6.81. The highest BCUT2D eigenvalue weighted by Crippen LogP contribution is 2.65. The van der Waals surface area contributed by atoms with E-state index in [2.05, 4.69) is 26.6 Å². The highest BCUT2D eigenvalue weighted by atomic mass is 79.9. The molecule has 3 aromatic rings. The van der Waals surface area contributed by atoms with E-state index in [0.29, 0.717) is 15.1 Å². The Bertz CT molecular complexity index is 1820. The van der Waals surface area contributed by atoms with Gasteiger partial charge in [-0.1, -0.05) is 29.3 Å². The van der Waals surface area contributed by atoms with Crippen molar-refractivity contribution >= 4 is 103 Å². The van der Waals surface area contributed by atoms with E-state index in [1.807, 2.05) is 0 Å². The second-order valence-electron chi connectivity index (χ2n) is 13.0. The third-order valence-corrected chi connectivity index (χ3v) is 9.29. The molecule has 0 bridgehead atoms. The summed E-state index contributed by atoms with van der Waals surface area (Å²) in [6.45, 7) is 8.95. The number of rotatable bonds is 6. The van der Waals surface area contributed by atoms with Gasteiger partial charge in [0.2, 0.25) is 5.91 Å². The minimum absolute atomic E-state index is 0.0710. The van der Waals surface area contributed by atoms with Crippen LogP contribution < -0.4 is 15.5 Å². The zero-order valence-corrected chi connectivity index (χ0v) is 31.4. The normalized spacial score (nSPS) is 16.8. The smallest absolute Gasteiger partial charge is 0.424 e. The summed E-state index contributed by atoms with van der Waals surface area (Å²) in [4.78, 5) is 52.7. The lowest BCUT2D eigenvalue weighted by molar-refractivity contribution is -0.117. The van der Waals surface area contributed by atoms with Crippen LogP contribution in [0.5, 0.6) is 0 Å². The fraction of sp³-hybridized carbons (Fsp3) is 0.333. The van der Waals surface area contributed by atoms with Gasteiger partial charge < -0.3 is 20.1 Å². The summed E-state index contributed by atoms with van der Waals surface area (Å²) in [5.41, 5.74) is -3.48. The number of carbonyl (C=O) groups excluding carboxylic acids is 4. The Morgan fingerprint density at radius 3 is 1.96 bits per heavy atom. The first kappa shape index (κ1) is 38.6. The van der Waals surface area contributed by atoms with Crippen LogP contribution in [0.25, 0.3) is 0 Å². The molecule has 4 rings (SSSR count). The van der Waals surface area contributed by atoms with Crippen molar-refractivity contribution in [1.82, 2.24) is 0 Å². The molecule has 16 heteroatoms. The molecule has 49 heavy (non-hydrogen) atoms. The number of ether oxygens (including phenoxy) is 2. The molecule has 0 radical (unpaired) electrons. The van der Waals surface area contributed by atoms with Crippen molar-refractivity contribution in [3.05, 3.63) is 85.8 Å². The number of halogens is 7. The number of hydrogen-bond acceptors (Lipinski definition) is 6. The number of alkyl halides is 2. The quantitative estimate of drug-likeness (QED) is 0.239. The fourth-order valence-electron chi connectivity index (χ4n) is 4.67. The van der Waals surface area contributed by atoms with Gasteiger partial charge in [0.25, 0.3) is 5.91 Å². The van der Waals surface area contributed by atoms with Crippen LogP contribution in [-0.2, 0) is 14.3 Å². The molecule has 1 aliphatic rings. The minimum atomic E-state index is -1.49. The molecule has 9 nitrogen and oxygen atoms in total. The van der Waals surface area contributed by atoms with E-state index in [1.165, 1.54) is 59.7 Å². The van der Waals surface area contributed by atoms with Gasteiger partial charge in [0.15, 0.2) is 11.6 Å². The highest BCUT2D eigenvalue weighted by molar-refractivity contribution is 9.10. The monoisotopic (exact) mass is 821 g/mol. The SMILES string of the molecule is CC(C)(C)OC(=O)N(C(=O)OC(C)(C)C)c1c(F)ccc(NC(=O)c2cc(NC(=O)[C@H]3[C@H](c4ccc(Cl)c(Br)c4)C3(Cl)Cl)ccc2Cl)c1F. The van der Waals surface area contributed by atoms with Gasteiger partial charge in [-0.3, -0.25) is 9.59 Å². The zero-order valence-electron chi connectivity index (χ0n) is 26.8. The van der Waals surface area contributed by atoms with Gasteiger partial charge in [-0.15, -0.1) is 23.2 Å². The summed E-state index contributed by atoms with van der Waals surface area (Å²) in [5, 5.41) is 5.31. The van der Waals surface area contributed by atoms with Crippen LogP contribution in [0.2, 0.25) is 10.0 Å². The second kappa shape index (κ2) is 14.2. The Labute approximate surface area is 309 Å². The largest absolute Gasteiger partial charge is 0.443 e.